The van der Waals surface area contributed by atoms with E-state index in [1.165, 1.54) is 0 Å². The standard InChI is InChI=1S/C13H20BrNO4/c14-11-1-3-13(4-2-11)19-10-12(18)9-15(5-7-16)6-8-17/h1-4,12,16-18H,5-10H2/p+1/t12-/m0/s1. The maximum atomic E-state index is 9.87. The molecule has 1 rings (SSSR count). The normalized spacial score (nSPS) is 12.7. The number of hydrogen-bond acceptors (Lipinski definition) is 4. The summed E-state index contributed by atoms with van der Waals surface area (Å²) in [5.74, 6) is 0.702. The van der Waals surface area contributed by atoms with Gasteiger partial charge < -0.3 is 25.0 Å². The van der Waals surface area contributed by atoms with Crippen molar-refractivity contribution >= 4 is 15.9 Å². The molecule has 1 aromatic rings. The first-order valence-corrected chi connectivity index (χ1v) is 7.06. The summed E-state index contributed by atoms with van der Waals surface area (Å²) in [6.45, 7) is 1.73. The summed E-state index contributed by atoms with van der Waals surface area (Å²) in [5.41, 5.74) is 0. The van der Waals surface area contributed by atoms with Crippen LogP contribution in [-0.2, 0) is 0 Å². The number of ether oxygens (including phenoxy) is 1. The molecule has 0 aliphatic heterocycles. The molecule has 0 saturated carbocycles. The van der Waals surface area contributed by atoms with Crippen LogP contribution in [0.5, 0.6) is 5.75 Å². The van der Waals surface area contributed by atoms with Crippen molar-refractivity contribution in [1.82, 2.24) is 0 Å². The van der Waals surface area contributed by atoms with Gasteiger partial charge in [-0.2, -0.15) is 0 Å². The Hall–Kier alpha value is -0.660. The first kappa shape index (κ1) is 16.4. The number of quaternary nitrogens is 1. The van der Waals surface area contributed by atoms with Crippen LogP contribution in [0.2, 0.25) is 0 Å². The van der Waals surface area contributed by atoms with E-state index in [0.29, 0.717) is 25.4 Å². The van der Waals surface area contributed by atoms with Gasteiger partial charge in [-0.25, -0.2) is 0 Å². The van der Waals surface area contributed by atoms with E-state index in [2.05, 4.69) is 15.9 Å². The zero-order valence-electron chi connectivity index (χ0n) is 10.8. The molecule has 6 heteroatoms. The van der Waals surface area contributed by atoms with Crippen LogP contribution in [-0.4, -0.2) is 60.9 Å². The zero-order valence-corrected chi connectivity index (χ0v) is 12.3. The van der Waals surface area contributed by atoms with Gasteiger partial charge in [0.15, 0.2) is 0 Å². The molecular formula is C13H21BrNO4+. The minimum atomic E-state index is -0.628. The van der Waals surface area contributed by atoms with Gasteiger partial charge in [0.25, 0.3) is 0 Å². The third-order valence-electron chi connectivity index (χ3n) is 2.71. The quantitative estimate of drug-likeness (QED) is 0.470. The van der Waals surface area contributed by atoms with Gasteiger partial charge in [0, 0.05) is 4.47 Å². The van der Waals surface area contributed by atoms with Crippen LogP contribution in [0.25, 0.3) is 0 Å². The summed E-state index contributed by atoms with van der Waals surface area (Å²) in [4.78, 5) is 0.955. The van der Waals surface area contributed by atoms with E-state index < -0.39 is 6.10 Å². The van der Waals surface area contributed by atoms with Crippen LogP contribution in [0.4, 0.5) is 0 Å². The number of halogens is 1. The fourth-order valence-electron chi connectivity index (χ4n) is 1.76. The van der Waals surface area contributed by atoms with Crippen LogP contribution >= 0.6 is 15.9 Å². The Bertz CT molecular complexity index is 341. The minimum absolute atomic E-state index is 0.0373. The molecule has 5 nitrogen and oxygen atoms in total. The smallest absolute Gasteiger partial charge is 0.137 e. The highest BCUT2D eigenvalue weighted by atomic mass is 79.9. The Labute approximate surface area is 121 Å². The Morgan fingerprint density at radius 1 is 1.11 bits per heavy atom. The Balaban J connectivity index is 2.33. The number of rotatable bonds is 9. The monoisotopic (exact) mass is 334 g/mol. The molecule has 0 saturated heterocycles. The highest BCUT2D eigenvalue weighted by molar-refractivity contribution is 9.10. The largest absolute Gasteiger partial charge is 0.491 e. The Morgan fingerprint density at radius 3 is 2.21 bits per heavy atom. The van der Waals surface area contributed by atoms with Crippen molar-refractivity contribution in [2.45, 2.75) is 6.10 Å². The number of aliphatic hydroxyl groups is 3. The minimum Gasteiger partial charge on any atom is -0.491 e. The fraction of sp³-hybridized carbons (Fsp3) is 0.538. The maximum absolute atomic E-state index is 9.87. The molecule has 108 valence electrons. The first-order valence-electron chi connectivity index (χ1n) is 6.27. The van der Waals surface area contributed by atoms with Crippen molar-refractivity contribution in [2.24, 2.45) is 0 Å². The van der Waals surface area contributed by atoms with E-state index in [1.54, 1.807) is 0 Å². The third kappa shape index (κ3) is 6.89. The van der Waals surface area contributed by atoms with E-state index in [9.17, 15) is 5.11 Å². The SMILES string of the molecule is OCC[NH+](CCO)C[C@H](O)COc1ccc(Br)cc1. The molecule has 0 unspecified atom stereocenters. The molecule has 0 radical (unpaired) electrons. The molecule has 4 N–H and O–H groups in total. The Kier molecular flexibility index (Phi) is 8.00. The summed E-state index contributed by atoms with van der Waals surface area (Å²) in [6, 6.07) is 7.39. The van der Waals surface area contributed by atoms with Crippen molar-refractivity contribution in [2.75, 3.05) is 39.5 Å². The highest BCUT2D eigenvalue weighted by Gasteiger charge is 2.14. The van der Waals surface area contributed by atoms with Gasteiger partial charge >= 0.3 is 0 Å². The molecule has 0 aliphatic rings. The topological polar surface area (TPSA) is 74.4 Å². The summed E-state index contributed by atoms with van der Waals surface area (Å²) < 4.78 is 6.44. The Morgan fingerprint density at radius 2 is 1.68 bits per heavy atom. The zero-order chi connectivity index (χ0) is 14.1. The lowest BCUT2D eigenvalue weighted by atomic mass is 10.3. The summed E-state index contributed by atoms with van der Waals surface area (Å²) in [5, 5.41) is 27.7. The van der Waals surface area contributed by atoms with Crippen molar-refractivity contribution in [3.63, 3.8) is 0 Å². The highest BCUT2D eigenvalue weighted by Crippen LogP contribution is 2.15. The van der Waals surface area contributed by atoms with Crippen molar-refractivity contribution < 1.29 is 25.0 Å². The average Bonchev–Trinajstić information content (AvgIpc) is 2.39. The van der Waals surface area contributed by atoms with Gasteiger partial charge in [0.2, 0.25) is 0 Å². The maximum Gasteiger partial charge on any atom is 0.137 e. The first-order chi connectivity index (χ1) is 9.15. The predicted molar refractivity (Wildman–Crippen MR) is 75.4 cm³/mol. The second-order valence-electron chi connectivity index (χ2n) is 4.32. The van der Waals surface area contributed by atoms with E-state index in [4.69, 9.17) is 14.9 Å². The van der Waals surface area contributed by atoms with Crippen LogP contribution in [0, 0.1) is 0 Å². The molecule has 1 atom stereocenters. The lowest BCUT2D eigenvalue weighted by Gasteiger charge is -2.20. The summed E-state index contributed by atoms with van der Waals surface area (Å²) in [6.07, 6.45) is -0.628. The van der Waals surface area contributed by atoms with Crippen LogP contribution in [0.3, 0.4) is 0 Å². The summed E-state index contributed by atoms with van der Waals surface area (Å²) in [7, 11) is 0. The molecule has 19 heavy (non-hydrogen) atoms. The average molecular weight is 335 g/mol. The molecule has 0 heterocycles. The second-order valence-corrected chi connectivity index (χ2v) is 5.24. The second kappa shape index (κ2) is 9.28. The van der Waals surface area contributed by atoms with E-state index in [0.717, 1.165) is 9.37 Å². The van der Waals surface area contributed by atoms with Gasteiger partial charge in [0.05, 0.1) is 13.2 Å². The number of nitrogens with one attached hydrogen (secondary N) is 1. The van der Waals surface area contributed by atoms with Gasteiger partial charge in [-0.15, -0.1) is 0 Å². The van der Waals surface area contributed by atoms with Gasteiger partial charge in [-0.05, 0) is 24.3 Å². The number of benzene rings is 1. The predicted octanol–water partition coefficient (Wildman–Crippen LogP) is -0.942. The molecule has 0 amide bonds. The molecular weight excluding hydrogens is 314 g/mol. The molecule has 1 aromatic carbocycles. The van der Waals surface area contributed by atoms with Crippen LogP contribution < -0.4 is 9.64 Å². The molecule has 0 bridgehead atoms. The molecule has 0 aliphatic carbocycles. The molecule has 0 spiro atoms. The fourth-order valence-corrected chi connectivity index (χ4v) is 2.03. The third-order valence-corrected chi connectivity index (χ3v) is 3.24. The number of hydrogen-bond donors (Lipinski definition) is 4. The number of aliphatic hydroxyl groups excluding tert-OH is 3. The lowest BCUT2D eigenvalue weighted by Crippen LogP contribution is -3.14. The summed E-state index contributed by atoms with van der Waals surface area (Å²) >= 11 is 3.34. The lowest BCUT2D eigenvalue weighted by molar-refractivity contribution is -0.903. The van der Waals surface area contributed by atoms with Crippen molar-refractivity contribution in [3.05, 3.63) is 28.7 Å². The van der Waals surface area contributed by atoms with E-state index in [1.807, 2.05) is 24.3 Å². The van der Waals surface area contributed by atoms with Crippen molar-refractivity contribution in [1.29, 1.82) is 0 Å². The van der Waals surface area contributed by atoms with Gasteiger partial charge in [-0.1, -0.05) is 15.9 Å². The van der Waals surface area contributed by atoms with Gasteiger partial charge in [-0.3, -0.25) is 0 Å². The van der Waals surface area contributed by atoms with Crippen LogP contribution in [0.1, 0.15) is 0 Å². The van der Waals surface area contributed by atoms with E-state index >= 15 is 0 Å². The van der Waals surface area contributed by atoms with Crippen LogP contribution in [0.15, 0.2) is 28.7 Å². The van der Waals surface area contributed by atoms with Crippen molar-refractivity contribution in [3.8, 4) is 5.75 Å². The molecule has 0 aromatic heterocycles. The van der Waals surface area contributed by atoms with E-state index in [-0.39, 0.29) is 19.8 Å². The van der Waals surface area contributed by atoms with Gasteiger partial charge in [0.1, 0.15) is 38.1 Å². The molecule has 0 fully saturated rings.